The number of aromatic nitrogens is 3. The minimum Gasteiger partial charge on any atom is -0.323 e. The Morgan fingerprint density at radius 3 is 2.77 bits per heavy atom. The molecule has 2 rings (SSSR count). The Bertz CT molecular complexity index is 806. The Morgan fingerprint density at radius 1 is 1.36 bits per heavy atom. The molecule has 0 bridgehead atoms. The molecule has 22 heavy (non-hydrogen) atoms. The van der Waals surface area contributed by atoms with Gasteiger partial charge in [-0.05, 0) is 18.2 Å². The molecule has 1 aromatic carbocycles. The van der Waals surface area contributed by atoms with Crippen molar-refractivity contribution >= 4 is 50.6 Å². The third-order valence-electron chi connectivity index (χ3n) is 2.31. The number of carbonyl (C=O) groups is 1. The summed E-state index contributed by atoms with van der Waals surface area (Å²) in [6.45, 7) is -0.214. The van der Waals surface area contributed by atoms with E-state index < -0.39 is 15.9 Å². The molecule has 1 heterocycles. The number of anilines is 2. The number of halogens is 2. The molecule has 11 heteroatoms. The normalized spacial score (nSPS) is 11.2. The van der Waals surface area contributed by atoms with Gasteiger partial charge in [-0.25, -0.2) is 8.42 Å². The van der Waals surface area contributed by atoms with E-state index in [-0.39, 0.29) is 12.4 Å². The first-order valence-electron chi connectivity index (χ1n) is 5.86. The first-order valence-corrected chi connectivity index (χ1v) is 8.50. The molecule has 8 nitrogen and oxygen atoms in total. The van der Waals surface area contributed by atoms with Crippen molar-refractivity contribution in [1.29, 1.82) is 0 Å². The second-order valence-electron chi connectivity index (χ2n) is 4.31. The van der Waals surface area contributed by atoms with Gasteiger partial charge < -0.3 is 5.32 Å². The zero-order valence-electron chi connectivity index (χ0n) is 11.2. The largest absolute Gasteiger partial charge is 0.323 e. The van der Waals surface area contributed by atoms with E-state index in [2.05, 4.69) is 20.2 Å². The number of sulfonamides is 1. The summed E-state index contributed by atoms with van der Waals surface area (Å²) in [5.41, 5.74) is 0.362. The van der Waals surface area contributed by atoms with Crippen molar-refractivity contribution in [2.45, 2.75) is 6.54 Å². The fraction of sp³-hybridized carbons (Fsp3) is 0.182. The standard InChI is InChI=1S/C11H11Cl2N5O3S/c1-22(20,21)17-10-5-14-18(16-10)6-11(19)15-9-4-7(12)2-3-8(9)13/h2-5H,6H2,1H3,(H,15,19)(H,16,17). The van der Waals surface area contributed by atoms with E-state index in [0.717, 1.165) is 11.1 Å². The van der Waals surface area contributed by atoms with Crippen LogP contribution in [0.25, 0.3) is 0 Å². The second-order valence-corrected chi connectivity index (χ2v) is 6.90. The smallest absolute Gasteiger partial charge is 0.248 e. The third-order valence-corrected chi connectivity index (χ3v) is 3.46. The molecule has 1 amide bonds. The number of carbonyl (C=O) groups excluding carboxylic acids is 1. The monoisotopic (exact) mass is 363 g/mol. The fourth-order valence-corrected chi connectivity index (χ4v) is 2.33. The Labute approximate surface area is 136 Å². The molecule has 1 aromatic heterocycles. The van der Waals surface area contributed by atoms with E-state index in [9.17, 15) is 13.2 Å². The third kappa shape index (κ3) is 4.86. The van der Waals surface area contributed by atoms with Crippen LogP contribution in [0, 0.1) is 0 Å². The van der Waals surface area contributed by atoms with E-state index in [1.54, 1.807) is 12.1 Å². The van der Waals surface area contributed by atoms with Gasteiger partial charge >= 0.3 is 0 Å². The minimum absolute atomic E-state index is 0.0242. The van der Waals surface area contributed by atoms with Gasteiger partial charge in [0.1, 0.15) is 6.54 Å². The Kier molecular flexibility index (Phi) is 4.89. The molecule has 0 aliphatic rings. The highest BCUT2D eigenvalue weighted by Gasteiger charge is 2.11. The summed E-state index contributed by atoms with van der Waals surface area (Å²) in [6, 6.07) is 4.66. The lowest BCUT2D eigenvalue weighted by molar-refractivity contribution is -0.117. The number of rotatable bonds is 5. The first kappa shape index (κ1) is 16.5. The van der Waals surface area contributed by atoms with Crippen molar-refractivity contribution in [2.75, 3.05) is 16.3 Å². The number of hydrogen-bond acceptors (Lipinski definition) is 5. The summed E-state index contributed by atoms with van der Waals surface area (Å²) >= 11 is 11.8. The van der Waals surface area contributed by atoms with Crippen molar-refractivity contribution in [1.82, 2.24) is 15.0 Å². The zero-order chi connectivity index (χ0) is 16.3. The van der Waals surface area contributed by atoms with Crippen molar-refractivity contribution in [3.8, 4) is 0 Å². The molecule has 118 valence electrons. The van der Waals surface area contributed by atoms with Crippen molar-refractivity contribution in [2.24, 2.45) is 0 Å². The summed E-state index contributed by atoms with van der Waals surface area (Å²) in [5.74, 6) is -0.415. The zero-order valence-corrected chi connectivity index (χ0v) is 13.6. The molecule has 0 unspecified atom stereocenters. The van der Waals surface area contributed by atoms with E-state index in [1.165, 1.54) is 12.3 Å². The maximum absolute atomic E-state index is 11.9. The van der Waals surface area contributed by atoms with Crippen LogP contribution in [-0.2, 0) is 21.4 Å². The maximum Gasteiger partial charge on any atom is 0.248 e. The van der Waals surface area contributed by atoms with Gasteiger partial charge in [-0.1, -0.05) is 23.2 Å². The molecule has 0 aliphatic heterocycles. The molecule has 0 saturated carbocycles. The molecule has 2 aromatic rings. The number of nitrogens with one attached hydrogen (secondary N) is 2. The second kappa shape index (κ2) is 6.51. The first-order chi connectivity index (χ1) is 10.2. The van der Waals surface area contributed by atoms with Crippen LogP contribution in [0.5, 0.6) is 0 Å². The van der Waals surface area contributed by atoms with Crippen LogP contribution >= 0.6 is 23.2 Å². The molecule has 0 saturated heterocycles. The van der Waals surface area contributed by atoms with E-state index in [0.29, 0.717) is 15.7 Å². The van der Waals surface area contributed by atoms with Crippen molar-refractivity contribution < 1.29 is 13.2 Å². The maximum atomic E-state index is 11.9. The Balaban J connectivity index is 2.02. The minimum atomic E-state index is -3.45. The van der Waals surface area contributed by atoms with Gasteiger partial charge in [-0.3, -0.25) is 9.52 Å². The van der Waals surface area contributed by atoms with Gasteiger partial charge in [0.2, 0.25) is 15.9 Å². The van der Waals surface area contributed by atoms with Gasteiger partial charge in [0.05, 0.1) is 23.2 Å². The highest BCUT2D eigenvalue weighted by molar-refractivity contribution is 7.92. The molecule has 2 N–H and O–H groups in total. The highest BCUT2D eigenvalue weighted by atomic mass is 35.5. The number of amides is 1. The fourth-order valence-electron chi connectivity index (χ4n) is 1.52. The predicted octanol–water partition coefficient (Wildman–Crippen LogP) is 1.60. The number of hydrogen-bond donors (Lipinski definition) is 2. The topological polar surface area (TPSA) is 106 Å². The molecule has 0 fully saturated rings. The summed E-state index contributed by atoms with van der Waals surface area (Å²) in [6.07, 6.45) is 2.18. The highest BCUT2D eigenvalue weighted by Crippen LogP contribution is 2.25. The lowest BCUT2D eigenvalue weighted by atomic mass is 10.3. The predicted molar refractivity (Wildman–Crippen MR) is 83.6 cm³/mol. The summed E-state index contributed by atoms with van der Waals surface area (Å²) in [7, 11) is -3.45. The molecular formula is C11H11Cl2N5O3S. The number of benzene rings is 1. The molecule has 0 radical (unpaired) electrons. The number of nitrogens with zero attached hydrogens (tertiary/aromatic N) is 3. The molecule has 0 aliphatic carbocycles. The summed E-state index contributed by atoms with van der Waals surface area (Å²) in [4.78, 5) is 12.9. The van der Waals surface area contributed by atoms with E-state index in [4.69, 9.17) is 23.2 Å². The Hall–Kier alpha value is -1.84. The molecular weight excluding hydrogens is 353 g/mol. The average Bonchev–Trinajstić information content (AvgIpc) is 2.78. The lowest BCUT2D eigenvalue weighted by Gasteiger charge is -2.07. The summed E-state index contributed by atoms with van der Waals surface area (Å²) in [5, 5.41) is 10.9. The SMILES string of the molecule is CS(=O)(=O)Nc1cnn(CC(=O)Nc2cc(Cl)ccc2Cl)n1. The van der Waals surface area contributed by atoms with Crippen LogP contribution in [-0.4, -0.2) is 35.6 Å². The van der Waals surface area contributed by atoms with Crippen LogP contribution in [0.2, 0.25) is 10.0 Å². The van der Waals surface area contributed by atoms with Crippen molar-refractivity contribution in [3.05, 3.63) is 34.4 Å². The van der Waals surface area contributed by atoms with Gasteiger partial charge in [0, 0.05) is 5.02 Å². The summed E-state index contributed by atoms with van der Waals surface area (Å²) < 4.78 is 24.2. The van der Waals surface area contributed by atoms with E-state index in [1.807, 2.05) is 0 Å². The Morgan fingerprint density at radius 2 is 2.09 bits per heavy atom. The van der Waals surface area contributed by atoms with Crippen molar-refractivity contribution in [3.63, 3.8) is 0 Å². The lowest BCUT2D eigenvalue weighted by Crippen LogP contribution is -2.20. The van der Waals surface area contributed by atoms with Crippen LogP contribution in [0.3, 0.4) is 0 Å². The van der Waals surface area contributed by atoms with Gasteiger partial charge in [0.15, 0.2) is 5.82 Å². The average molecular weight is 364 g/mol. The quantitative estimate of drug-likeness (QED) is 0.838. The van der Waals surface area contributed by atoms with Gasteiger partial charge in [-0.2, -0.15) is 9.90 Å². The van der Waals surface area contributed by atoms with Crippen LogP contribution in [0.4, 0.5) is 11.5 Å². The van der Waals surface area contributed by atoms with Crippen LogP contribution < -0.4 is 10.0 Å². The molecule has 0 spiro atoms. The van der Waals surface area contributed by atoms with E-state index >= 15 is 0 Å². The van der Waals surface area contributed by atoms with Gasteiger partial charge in [0.25, 0.3) is 0 Å². The molecule has 0 atom stereocenters. The van der Waals surface area contributed by atoms with Gasteiger partial charge in [-0.15, -0.1) is 5.10 Å². The van der Waals surface area contributed by atoms with Crippen LogP contribution in [0.15, 0.2) is 24.4 Å². The van der Waals surface area contributed by atoms with Crippen LogP contribution in [0.1, 0.15) is 0 Å².